The second-order valence-corrected chi connectivity index (χ2v) is 5.41. The van der Waals surface area contributed by atoms with Crippen LogP contribution in [-0.4, -0.2) is 31.0 Å². The third kappa shape index (κ3) is 4.57. The Labute approximate surface area is 147 Å². The van der Waals surface area contributed by atoms with Crippen LogP contribution in [0.3, 0.4) is 0 Å². The fourth-order valence-electron chi connectivity index (χ4n) is 2.30. The molecule has 0 aliphatic rings. The number of rotatable bonds is 6. The first-order valence-corrected chi connectivity index (χ1v) is 7.62. The lowest BCUT2D eigenvalue weighted by Gasteiger charge is -2.23. The minimum atomic E-state index is -4.49. The lowest BCUT2D eigenvalue weighted by molar-refractivity contribution is -0.384. The molecule has 0 aromatic heterocycles. The smallest absolute Gasteiger partial charge is 0.318 e. The summed E-state index contributed by atoms with van der Waals surface area (Å²) in [6.45, 7) is 0.590. The maximum absolute atomic E-state index is 12.7. The summed E-state index contributed by atoms with van der Waals surface area (Å²) in [7, 11) is 1.67. The topological polar surface area (TPSA) is 75.5 Å². The van der Waals surface area contributed by atoms with Crippen LogP contribution in [0.1, 0.15) is 15.9 Å². The van der Waals surface area contributed by atoms with E-state index in [2.05, 4.69) is 5.32 Å². The van der Waals surface area contributed by atoms with Gasteiger partial charge in [0, 0.05) is 30.8 Å². The summed E-state index contributed by atoms with van der Waals surface area (Å²) in [5, 5.41) is 13.8. The van der Waals surface area contributed by atoms with E-state index >= 15 is 0 Å². The number of halogens is 3. The summed E-state index contributed by atoms with van der Waals surface area (Å²) in [5.41, 5.74) is -0.691. The van der Waals surface area contributed by atoms with Crippen LogP contribution in [0.2, 0.25) is 0 Å². The number of carbonyl (C=O) groups is 1. The molecule has 0 aliphatic carbocycles. The Morgan fingerprint density at radius 2 is 1.85 bits per heavy atom. The molecule has 6 nitrogen and oxygen atoms in total. The zero-order valence-electron chi connectivity index (χ0n) is 13.8. The molecule has 26 heavy (non-hydrogen) atoms. The number of likely N-dealkylation sites (N-methyl/N-ethyl adjacent to an activating group) is 1. The number of nitro benzene ring substituents is 1. The molecule has 0 atom stereocenters. The number of benzene rings is 2. The van der Waals surface area contributed by atoms with Gasteiger partial charge in [-0.05, 0) is 37.4 Å². The summed E-state index contributed by atoms with van der Waals surface area (Å²) in [6, 6.07) is 9.36. The molecule has 9 heteroatoms. The number of nitrogens with zero attached hydrogens (tertiary/aromatic N) is 2. The molecule has 0 aliphatic heterocycles. The first-order valence-electron chi connectivity index (χ1n) is 7.62. The highest BCUT2D eigenvalue weighted by Crippen LogP contribution is 2.29. The number of carbonyl (C=O) groups excluding carboxylic acids is 1. The lowest BCUT2D eigenvalue weighted by Crippen LogP contribution is -2.36. The van der Waals surface area contributed by atoms with E-state index in [0.29, 0.717) is 12.2 Å². The first kappa shape index (κ1) is 19.4. The molecule has 2 aromatic carbocycles. The number of non-ortho nitro benzene ring substituents is 1. The Morgan fingerprint density at radius 1 is 1.19 bits per heavy atom. The van der Waals surface area contributed by atoms with Gasteiger partial charge in [-0.3, -0.25) is 14.9 Å². The molecule has 0 spiro atoms. The van der Waals surface area contributed by atoms with Crippen LogP contribution in [0, 0.1) is 10.1 Å². The van der Waals surface area contributed by atoms with Crippen LogP contribution in [0.5, 0.6) is 0 Å². The largest absolute Gasteiger partial charge is 0.416 e. The standard InChI is InChI=1S/C17H16F3N3O3/c1-21-9-10-22(14-3-2-4-15(11-14)23(25)26)16(24)12-5-7-13(8-6-12)17(18,19)20/h2-8,11,21H,9-10H2,1H3. The Kier molecular flexibility index (Phi) is 5.93. The van der Waals surface area contributed by atoms with Crippen molar-refractivity contribution in [1.29, 1.82) is 0 Å². The normalized spacial score (nSPS) is 11.2. The molecule has 0 saturated heterocycles. The van der Waals surface area contributed by atoms with E-state index in [1.165, 1.54) is 29.2 Å². The van der Waals surface area contributed by atoms with Gasteiger partial charge in [0.15, 0.2) is 0 Å². The number of nitro groups is 1. The fourth-order valence-corrected chi connectivity index (χ4v) is 2.30. The summed E-state index contributed by atoms with van der Waals surface area (Å²) >= 11 is 0. The molecule has 1 amide bonds. The van der Waals surface area contributed by atoms with Crippen molar-refractivity contribution in [2.75, 3.05) is 25.0 Å². The van der Waals surface area contributed by atoms with E-state index in [1.807, 2.05) is 0 Å². The zero-order valence-corrected chi connectivity index (χ0v) is 13.8. The van der Waals surface area contributed by atoms with E-state index in [9.17, 15) is 28.1 Å². The van der Waals surface area contributed by atoms with E-state index in [0.717, 1.165) is 24.3 Å². The quantitative estimate of drug-likeness (QED) is 0.627. The van der Waals surface area contributed by atoms with Crippen molar-refractivity contribution < 1.29 is 22.9 Å². The van der Waals surface area contributed by atoms with Gasteiger partial charge in [0.1, 0.15) is 0 Å². The summed E-state index contributed by atoms with van der Waals surface area (Å²) in [5.74, 6) is -0.547. The van der Waals surface area contributed by atoms with Crippen LogP contribution in [-0.2, 0) is 6.18 Å². The van der Waals surface area contributed by atoms with Crippen molar-refractivity contribution in [3.63, 3.8) is 0 Å². The van der Waals surface area contributed by atoms with E-state index in [1.54, 1.807) is 7.05 Å². The number of hydrogen-bond acceptors (Lipinski definition) is 4. The van der Waals surface area contributed by atoms with Crippen LogP contribution < -0.4 is 10.2 Å². The van der Waals surface area contributed by atoms with Gasteiger partial charge in [-0.2, -0.15) is 13.2 Å². The highest BCUT2D eigenvalue weighted by molar-refractivity contribution is 6.06. The minimum absolute atomic E-state index is 0.0561. The molecule has 2 rings (SSSR count). The van der Waals surface area contributed by atoms with Crippen molar-refractivity contribution in [2.45, 2.75) is 6.18 Å². The maximum atomic E-state index is 12.7. The van der Waals surface area contributed by atoms with Crippen molar-refractivity contribution >= 4 is 17.3 Å². The number of nitrogens with one attached hydrogen (secondary N) is 1. The van der Waals surface area contributed by atoms with Gasteiger partial charge < -0.3 is 10.2 Å². The highest BCUT2D eigenvalue weighted by Gasteiger charge is 2.30. The van der Waals surface area contributed by atoms with Gasteiger partial charge in [-0.25, -0.2) is 0 Å². The third-order valence-corrected chi connectivity index (χ3v) is 3.64. The van der Waals surface area contributed by atoms with Crippen molar-refractivity contribution in [3.8, 4) is 0 Å². The van der Waals surface area contributed by atoms with Gasteiger partial charge in [0.25, 0.3) is 11.6 Å². The monoisotopic (exact) mass is 367 g/mol. The number of amides is 1. The summed E-state index contributed by atoms with van der Waals surface area (Å²) in [6.07, 6.45) is -4.49. The molecule has 0 unspecified atom stereocenters. The van der Waals surface area contributed by atoms with Crippen LogP contribution in [0.4, 0.5) is 24.5 Å². The van der Waals surface area contributed by atoms with Crippen molar-refractivity contribution in [2.24, 2.45) is 0 Å². The van der Waals surface area contributed by atoms with Gasteiger partial charge in [-0.1, -0.05) is 6.07 Å². The average molecular weight is 367 g/mol. The number of alkyl halides is 3. The molecule has 0 radical (unpaired) electrons. The second kappa shape index (κ2) is 7.96. The summed E-state index contributed by atoms with van der Waals surface area (Å²) in [4.78, 5) is 24.4. The molecule has 0 bridgehead atoms. The highest BCUT2D eigenvalue weighted by atomic mass is 19.4. The lowest BCUT2D eigenvalue weighted by atomic mass is 10.1. The molecule has 0 fully saturated rings. The van der Waals surface area contributed by atoms with Gasteiger partial charge in [0.2, 0.25) is 0 Å². The second-order valence-electron chi connectivity index (χ2n) is 5.41. The van der Waals surface area contributed by atoms with Crippen LogP contribution >= 0.6 is 0 Å². The molecular formula is C17H16F3N3O3. The van der Waals surface area contributed by atoms with Crippen LogP contribution in [0.25, 0.3) is 0 Å². The Hall–Kier alpha value is -2.94. The van der Waals surface area contributed by atoms with Crippen molar-refractivity contribution in [3.05, 3.63) is 69.8 Å². The molecule has 138 valence electrons. The molecule has 0 saturated carbocycles. The number of hydrogen-bond donors (Lipinski definition) is 1. The predicted molar refractivity (Wildman–Crippen MR) is 90.1 cm³/mol. The zero-order chi connectivity index (χ0) is 19.3. The Bertz CT molecular complexity index is 792. The molecule has 1 N–H and O–H groups in total. The predicted octanol–water partition coefficient (Wildman–Crippen LogP) is 3.48. The molecule has 0 heterocycles. The Balaban J connectivity index is 2.35. The number of anilines is 1. The maximum Gasteiger partial charge on any atom is 0.416 e. The SMILES string of the molecule is CNCCN(C(=O)c1ccc(C(F)(F)F)cc1)c1cccc([N+](=O)[O-])c1. The first-order chi connectivity index (χ1) is 12.2. The third-order valence-electron chi connectivity index (χ3n) is 3.64. The van der Waals surface area contributed by atoms with E-state index < -0.39 is 22.6 Å². The molecular weight excluding hydrogens is 351 g/mol. The van der Waals surface area contributed by atoms with E-state index in [4.69, 9.17) is 0 Å². The minimum Gasteiger partial charge on any atom is -0.318 e. The summed E-state index contributed by atoms with van der Waals surface area (Å²) < 4.78 is 38.0. The van der Waals surface area contributed by atoms with Gasteiger partial charge in [-0.15, -0.1) is 0 Å². The molecule has 2 aromatic rings. The van der Waals surface area contributed by atoms with Gasteiger partial charge in [0.05, 0.1) is 16.2 Å². The van der Waals surface area contributed by atoms with Gasteiger partial charge >= 0.3 is 6.18 Å². The fraction of sp³-hybridized carbons (Fsp3) is 0.235. The van der Waals surface area contributed by atoms with E-state index in [-0.39, 0.29) is 17.8 Å². The van der Waals surface area contributed by atoms with Crippen molar-refractivity contribution in [1.82, 2.24) is 5.32 Å². The van der Waals surface area contributed by atoms with Crippen LogP contribution in [0.15, 0.2) is 48.5 Å². The Morgan fingerprint density at radius 3 is 2.38 bits per heavy atom. The average Bonchev–Trinajstić information content (AvgIpc) is 2.61.